The van der Waals surface area contributed by atoms with Crippen LogP contribution in [-0.2, 0) is 6.18 Å². The van der Waals surface area contributed by atoms with Crippen molar-refractivity contribution >= 4 is 23.3 Å². The van der Waals surface area contributed by atoms with Crippen LogP contribution in [0.15, 0.2) is 42.5 Å². The Hall–Kier alpha value is -3.03. The first-order valence-corrected chi connectivity index (χ1v) is 6.30. The van der Waals surface area contributed by atoms with Crippen molar-refractivity contribution in [3.63, 3.8) is 0 Å². The maximum atomic E-state index is 12.9. The minimum Gasteiger partial charge on any atom is -0.478 e. The average molecular weight is 324 g/mol. The quantitative estimate of drug-likeness (QED) is 0.756. The Bertz CT molecular complexity index is 773. The summed E-state index contributed by atoms with van der Waals surface area (Å²) in [5.41, 5.74) is 3.49. The lowest BCUT2D eigenvalue weighted by Gasteiger charge is -2.14. The fourth-order valence-corrected chi connectivity index (χ4v) is 1.97. The summed E-state index contributed by atoms with van der Waals surface area (Å²) in [6, 6.07) is 7.84. The molecule has 8 heteroatoms. The van der Waals surface area contributed by atoms with E-state index in [9.17, 15) is 22.8 Å². The lowest BCUT2D eigenvalue weighted by atomic mass is 10.1. The molecule has 5 nitrogen and oxygen atoms in total. The van der Waals surface area contributed by atoms with Gasteiger partial charge in [-0.1, -0.05) is 12.1 Å². The van der Waals surface area contributed by atoms with Gasteiger partial charge in [0.25, 0.3) is 5.91 Å². The van der Waals surface area contributed by atoms with Gasteiger partial charge in [0.2, 0.25) is 0 Å². The first-order valence-electron chi connectivity index (χ1n) is 6.30. The molecule has 0 radical (unpaired) electrons. The molecule has 2 aromatic carbocycles. The van der Waals surface area contributed by atoms with Gasteiger partial charge in [0.1, 0.15) is 0 Å². The van der Waals surface area contributed by atoms with E-state index < -0.39 is 29.2 Å². The van der Waals surface area contributed by atoms with Crippen LogP contribution in [0.4, 0.5) is 24.5 Å². The van der Waals surface area contributed by atoms with Crippen LogP contribution in [0.1, 0.15) is 26.3 Å². The van der Waals surface area contributed by atoms with Gasteiger partial charge < -0.3 is 16.2 Å². The normalized spacial score (nSPS) is 11.1. The molecule has 2 aromatic rings. The number of nitrogen functional groups attached to an aromatic ring is 1. The number of nitrogens with one attached hydrogen (secondary N) is 1. The zero-order valence-corrected chi connectivity index (χ0v) is 11.5. The van der Waals surface area contributed by atoms with Crippen molar-refractivity contribution in [1.29, 1.82) is 0 Å². The molecule has 0 aromatic heterocycles. The standard InChI is InChI=1S/C15H11F3N2O3/c16-15(17,18)11-4-2-1-3-9(11)13(21)20-12-7-8(19)5-6-10(12)14(22)23/h1-7H,19H2,(H,20,21)(H,22,23). The highest BCUT2D eigenvalue weighted by atomic mass is 19.4. The number of anilines is 2. The molecule has 0 fully saturated rings. The van der Waals surface area contributed by atoms with Crippen LogP contribution in [0, 0.1) is 0 Å². The highest BCUT2D eigenvalue weighted by molar-refractivity contribution is 6.08. The third kappa shape index (κ3) is 3.60. The molecule has 1 amide bonds. The van der Waals surface area contributed by atoms with Crippen LogP contribution in [0.2, 0.25) is 0 Å². The van der Waals surface area contributed by atoms with Gasteiger partial charge in [0, 0.05) is 5.69 Å². The molecule has 0 aliphatic heterocycles. The molecule has 0 saturated carbocycles. The highest BCUT2D eigenvalue weighted by Crippen LogP contribution is 2.32. The summed E-state index contributed by atoms with van der Waals surface area (Å²) >= 11 is 0. The minimum atomic E-state index is -4.71. The predicted octanol–water partition coefficient (Wildman–Crippen LogP) is 3.24. The zero-order chi connectivity index (χ0) is 17.2. The molecule has 0 bridgehead atoms. The third-order valence-electron chi connectivity index (χ3n) is 3.00. The van der Waals surface area contributed by atoms with Crippen molar-refractivity contribution in [2.45, 2.75) is 6.18 Å². The summed E-state index contributed by atoms with van der Waals surface area (Å²) in [7, 11) is 0. The molecule has 0 spiro atoms. The Morgan fingerprint density at radius 2 is 1.70 bits per heavy atom. The van der Waals surface area contributed by atoms with Gasteiger partial charge in [-0.15, -0.1) is 0 Å². The SMILES string of the molecule is Nc1ccc(C(=O)O)c(NC(=O)c2ccccc2C(F)(F)F)c1. The number of carboxylic acid groups (broad SMARTS) is 1. The van der Waals surface area contributed by atoms with Crippen LogP contribution in [0.3, 0.4) is 0 Å². The fourth-order valence-electron chi connectivity index (χ4n) is 1.97. The van der Waals surface area contributed by atoms with E-state index >= 15 is 0 Å². The molecule has 23 heavy (non-hydrogen) atoms. The first kappa shape index (κ1) is 16.3. The predicted molar refractivity (Wildman–Crippen MR) is 77.2 cm³/mol. The maximum absolute atomic E-state index is 12.9. The summed E-state index contributed by atoms with van der Waals surface area (Å²) in [5, 5.41) is 11.2. The van der Waals surface area contributed by atoms with E-state index in [2.05, 4.69) is 5.32 Å². The number of hydrogen-bond acceptors (Lipinski definition) is 3. The molecule has 0 aliphatic carbocycles. The van der Waals surface area contributed by atoms with E-state index in [4.69, 9.17) is 10.8 Å². The van der Waals surface area contributed by atoms with Crippen molar-refractivity contribution in [3.05, 3.63) is 59.2 Å². The second kappa shape index (κ2) is 5.99. The van der Waals surface area contributed by atoms with Crippen molar-refractivity contribution < 1.29 is 27.9 Å². The molecule has 0 aliphatic rings. The second-order valence-electron chi connectivity index (χ2n) is 4.61. The van der Waals surface area contributed by atoms with E-state index in [0.717, 1.165) is 30.3 Å². The molecular weight excluding hydrogens is 313 g/mol. The monoisotopic (exact) mass is 324 g/mol. The van der Waals surface area contributed by atoms with E-state index in [1.807, 2.05) is 0 Å². The fraction of sp³-hybridized carbons (Fsp3) is 0.0667. The van der Waals surface area contributed by atoms with Gasteiger partial charge in [-0.25, -0.2) is 4.79 Å². The largest absolute Gasteiger partial charge is 0.478 e. The number of halogens is 3. The van der Waals surface area contributed by atoms with Crippen molar-refractivity contribution in [1.82, 2.24) is 0 Å². The number of carbonyl (C=O) groups is 2. The molecule has 120 valence electrons. The molecule has 0 unspecified atom stereocenters. The van der Waals surface area contributed by atoms with Crippen molar-refractivity contribution in [2.24, 2.45) is 0 Å². The number of aromatic carboxylic acids is 1. The van der Waals surface area contributed by atoms with Gasteiger partial charge >= 0.3 is 12.1 Å². The first-order chi connectivity index (χ1) is 10.7. The number of carbonyl (C=O) groups excluding carboxylic acids is 1. The Morgan fingerprint density at radius 3 is 2.30 bits per heavy atom. The topological polar surface area (TPSA) is 92.4 Å². The average Bonchev–Trinajstić information content (AvgIpc) is 2.46. The molecule has 4 N–H and O–H groups in total. The summed E-state index contributed by atoms with van der Waals surface area (Å²) < 4.78 is 38.8. The minimum absolute atomic E-state index is 0.161. The Labute approximate surface area is 128 Å². The van der Waals surface area contributed by atoms with E-state index in [0.29, 0.717) is 0 Å². The Morgan fingerprint density at radius 1 is 1.04 bits per heavy atom. The third-order valence-corrected chi connectivity index (χ3v) is 3.00. The Kier molecular flexibility index (Phi) is 4.26. The molecular formula is C15H11F3N2O3. The van der Waals surface area contributed by atoms with Crippen molar-refractivity contribution in [2.75, 3.05) is 11.1 Å². The number of alkyl halides is 3. The van der Waals surface area contributed by atoms with Gasteiger partial charge in [-0.3, -0.25) is 4.79 Å². The van der Waals surface area contributed by atoms with Crippen LogP contribution < -0.4 is 11.1 Å². The molecule has 0 atom stereocenters. The van der Waals surface area contributed by atoms with Gasteiger partial charge in [0.15, 0.2) is 0 Å². The number of amides is 1. The van der Waals surface area contributed by atoms with Gasteiger partial charge in [-0.2, -0.15) is 13.2 Å². The number of benzene rings is 2. The number of nitrogens with two attached hydrogens (primary N) is 1. The van der Waals surface area contributed by atoms with Crippen LogP contribution in [-0.4, -0.2) is 17.0 Å². The summed E-state index contributed by atoms with van der Waals surface area (Å²) in [5.74, 6) is -2.42. The lowest BCUT2D eigenvalue weighted by molar-refractivity contribution is -0.137. The van der Waals surface area contributed by atoms with Gasteiger partial charge in [-0.05, 0) is 30.3 Å². The highest BCUT2D eigenvalue weighted by Gasteiger charge is 2.35. The maximum Gasteiger partial charge on any atom is 0.417 e. The molecule has 0 heterocycles. The van der Waals surface area contributed by atoms with Crippen LogP contribution in [0.5, 0.6) is 0 Å². The van der Waals surface area contributed by atoms with Gasteiger partial charge in [0.05, 0.1) is 22.4 Å². The Balaban J connectivity index is 2.42. The van der Waals surface area contributed by atoms with Crippen molar-refractivity contribution in [3.8, 4) is 0 Å². The molecule has 0 saturated heterocycles. The number of rotatable bonds is 3. The van der Waals surface area contributed by atoms with E-state index in [-0.39, 0.29) is 16.9 Å². The smallest absolute Gasteiger partial charge is 0.417 e. The summed E-state index contributed by atoms with van der Waals surface area (Å²) in [4.78, 5) is 23.2. The van der Waals surface area contributed by atoms with Crippen LogP contribution >= 0.6 is 0 Å². The summed E-state index contributed by atoms with van der Waals surface area (Å²) in [6.07, 6.45) is -4.71. The second-order valence-corrected chi connectivity index (χ2v) is 4.61. The number of hydrogen-bond donors (Lipinski definition) is 3. The lowest BCUT2D eigenvalue weighted by Crippen LogP contribution is -2.20. The summed E-state index contributed by atoms with van der Waals surface area (Å²) in [6.45, 7) is 0. The van der Waals surface area contributed by atoms with E-state index in [1.165, 1.54) is 12.1 Å². The molecule has 2 rings (SSSR count). The number of carboxylic acids is 1. The van der Waals surface area contributed by atoms with E-state index in [1.54, 1.807) is 0 Å². The zero-order valence-electron chi connectivity index (χ0n) is 11.5. The van der Waals surface area contributed by atoms with Crippen LogP contribution in [0.25, 0.3) is 0 Å².